The van der Waals surface area contributed by atoms with Gasteiger partial charge in [0.05, 0.1) is 6.61 Å². The third kappa shape index (κ3) is 5.36. The molecular formula is C22H34O2. The summed E-state index contributed by atoms with van der Waals surface area (Å²) in [6.45, 7) is 11.1. The van der Waals surface area contributed by atoms with Crippen LogP contribution >= 0.6 is 0 Å². The number of ether oxygens (including phenoxy) is 1. The highest BCUT2D eigenvalue weighted by Gasteiger charge is 2.31. The molecule has 0 spiro atoms. The first-order valence-electron chi connectivity index (χ1n) is 9.43. The Hall–Kier alpha value is -1.31. The standard InChI is InChI=1S/C22H34O2/c1-17(23)24-16-19(15-22(5)13-7-6-8-14-22)18-9-11-20(12-10-18)21(2,3)4/h9-12,19H,6-8,13-16H2,1-5H3. The second kappa shape index (κ2) is 7.72. The maximum Gasteiger partial charge on any atom is 0.302 e. The van der Waals surface area contributed by atoms with Crippen molar-refractivity contribution < 1.29 is 9.53 Å². The van der Waals surface area contributed by atoms with Crippen molar-refractivity contribution >= 4 is 5.97 Å². The molecule has 2 heteroatoms. The summed E-state index contributed by atoms with van der Waals surface area (Å²) in [7, 11) is 0. The summed E-state index contributed by atoms with van der Waals surface area (Å²) in [5.74, 6) is 0.117. The molecule has 0 aliphatic heterocycles. The summed E-state index contributed by atoms with van der Waals surface area (Å²) in [6, 6.07) is 8.94. The quantitative estimate of drug-likeness (QED) is 0.620. The molecule has 0 heterocycles. The maximum atomic E-state index is 11.3. The SMILES string of the molecule is CC(=O)OCC(CC1(C)CCCCC1)c1ccc(C(C)(C)C)cc1. The fraction of sp³-hybridized carbons (Fsp3) is 0.682. The lowest BCUT2D eigenvalue weighted by Crippen LogP contribution is -2.25. The normalized spacial score (nSPS) is 18.9. The molecule has 1 aliphatic rings. The molecular weight excluding hydrogens is 296 g/mol. The summed E-state index contributed by atoms with van der Waals surface area (Å²) in [5, 5.41) is 0. The van der Waals surface area contributed by atoms with Gasteiger partial charge in [0, 0.05) is 12.8 Å². The van der Waals surface area contributed by atoms with Gasteiger partial charge < -0.3 is 4.74 Å². The zero-order valence-corrected chi connectivity index (χ0v) is 16.2. The van der Waals surface area contributed by atoms with Gasteiger partial charge in [-0.3, -0.25) is 4.79 Å². The van der Waals surface area contributed by atoms with Gasteiger partial charge in [0.15, 0.2) is 0 Å². The number of benzene rings is 1. The van der Waals surface area contributed by atoms with Gasteiger partial charge in [-0.05, 0) is 41.2 Å². The van der Waals surface area contributed by atoms with Crippen molar-refractivity contribution in [3.63, 3.8) is 0 Å². The number of rotatable bonds is 5. The van der Waals surface area contributed by atoms with Crippen LogP contribution in [-0.4, -0.2) is 12.6 Å². The molecule has 1 aromatic carbocycles. The van der Waals surface area contributed by atoms with Crippen LogP contribution in [0.4, 0.5) is 0 Å². The van der Waals surface area contributed by atoms with E-state index >= 15 is 0 Å². The molecule has 0 radical (unpaired) electrons. The average Bonchev–Trinajstić information content (AvgIpc) is 2.51. The van der Waals surface area contributed by atoms with Gasteiger partial charge in [-0.2, -0.15) is 0 Å². The topological polar surface area (TPSA) is 26.3 Å². The predicted octanol–water partition coefficient (Wildman–Crippen LogP) is 5.99. The second-order valence-electron chi connectivity index (χ2n) is 8.95. The Kier molecular flexibility index (Phi) is 6.11. The molecule has 2 rings (SSSR count). The van der Waals surface area contributed by atoms with E-state index in [1.165, 1.54) is 50.2 Å². The van der Waals surface area contributed by atoms with Crippen LogP contribution in [0.15, 0.2) is 24.3 Å². The Morgan fingerprint density at radius 1 is 1.12 bits per heavy atom. The van der Waals surface area contributed by atoms with Crippen LogP contribution in [0, 0.1) is 5.41 Å². The average molecular weight is 331 g/mol. The zero-order valence-electron chi connectivity index (χ0n) is 16.2. The fourth-order valence-electron chi connectivity index (χ4n) is 3.95. The highest BCUT2D eigenvalue weighted by atomic mass is 16.5. The third-order valence-electron chi connectivity index (χ3n) is 5.54. The number of hydrogen-bond acceptors (Lipinski definition) is 2. The smallest absolute Gasteiger partial charge is 0.302 e. The molecule has 0 amide bonds. The minimum atomic E-state index is -0.180. The van der Waals surface area contributed by atoms with Gasteiger partial charge in [0.25, 0.3) is 0 Å². The minimum Gasteiger partial charge on any atom is -0.465 e. The van der Waals surface area contributed by atoms with E-state index in [1.54, 1.807) is 0 Å². The summed E-state index contributed by atoms with van der Waals surface area (Å²) in [5.41, 5.74) is 3.20. The Morgan fingerprint density at radius 2 is 1.71 bits per heavy atom. The van der Waals surface area contributed by atoms with Crippen LogP contribution in [0.2, 0.25) is 0 Å². The number of carbonyl (C=O) groups is 1. The number of hydrogen-bond donors (Lipinski definition) is 0. The van der Waals surface area contributed by atoms with E-state index in [4.69, 9.17) is 4.74 Å². The van der Waals surface area contributed by atoms with Crippen molar-refractivity contribution in [2.24, 2.45) is 5.41 Å². The first-order chi connectivity index (χ1) is 11.2. The van der Waals surface area contributed by atoms with Crippen molar-refractivity contribution in [3.8, 4) is 0 Å². The lowest BCUT2D eigenvalue weighted by molar-refractivity contribution is -0.141. The molecule has 1 saturated carbocycles. The Bertz CT molecular complexity index is 530. The van der Waals surface area contributed by atoms with E-state index < -0.39 is 0 Å². The largest absolute Gasteiger partial charge is 0.465 e. The van der Waals surface area contributed by atoms with Crippen molar-refractivity contribution in [3.05, 3.63) is 35.4 Å². The van der Waals surface area contributed by atoms with E-state index in [0.29, 0.717) is 17.9 Å². The lowest BCUT2D eigenvalue weighted by atomic mass is 9.69. The van der Waals surface area contributed by atoms with Crippen LogP contribution in [0.25, 0.3) is 0 Å². The van der Waals surface area contributed by atoms with Gasteiger partial charge >= 0.3 is 5.97 Å². The maximum absolute atomic E-state index is 11.3. The zero-order chi connectivity index (χ0) is 17.8. The second-order valence-corrected chi connectivity index (χ2v) is 8.95. The molecule has 0 aromatic heterocycles. The highest BCUT2D eigenvalue weighted by molar-refractivity contribution is 5.65. The first kappa shape index (κ1) is 19.0. The molecule has 24 heavy (non-hydrogen) atoms. The van der Waals surface area contributed by atoms with Crippen molar-refractivity contribution in [2.75, 3.05) is 6.61 Å². The predicted molar refractivity (Wildman–Crippen MR) is 100 cm³/mol. The lowest BCUT2D eigenvalue weighted by Gasteiger charge is -2.37. The third-order valence-corrected chi connectivity index (χ3v) is 5.54. The van der Waals surface area contributed by atoms with Crippen LogP contribution in [-0.2, 0) is 14.9 Å². The summed E-state index contributed by atoms with van der Waals surface area (Å²) in [4.78, 5) is 11.3. The van der Waals surface area contributed by atoms with Crippen molar-refractivity contribution in [1.29, 1.82) is 0 Å². The van der Waals surface area contributed by atoms with E-state index in [-0.39, 0.29) is 11.4 Å². The molecule has 134 valence electrons. The molecule has 1 aromatic rings. The van der Waals surface area contributed by atoms with Crippen LogP contribution in [0.1, 0.15) is 90.2 Å². The van der Waals surface area contributed by atoms with Crippen molar-refractivity contribution in [2.45, 2.75) is 84.5 Å². The van der Waals surface area contributed by atoms with Crippen molar-refractivity contribution in [1.82, 2.24) is 0 Å². The van der Waals surface area contributed by atoms with E-state index in [9.17, 15) is 4.79 Å². The summed E-state index contributed by atoms with van der Waals surface area (Å²) >= 11 is 0. The number of esters is 1. The van der Waals surface area contributed by atoms with Gasteiger partial charge in [-0.25, -0.2) is 0 Å². The van der Waals surface area contributed by atoms with E-state index in [1.807, 2.05) is 0 Å². The number of carbonyl (C=O) groups excluding carboxylic acids is 1. The summed E-state index contributed by atoms with van der Waals surface area (Å²) in [6.07, 6.45) is 7.73. The Morgan fingerprint density at radius 3 is 2.21 bits per heavy atom. The molecule has 0 saturated heterocycles. The van der Waals surface area contributed by atoms with Crippen LogP contribution in [0.3, 0.4) is 0 Å². The van der Waals surface area contributed by atoms with E-state index in [0.717, 1.165) is 6.42 Å². The van der Waals surface area contributed by atoms with Crippen LogP contribution in [0.5, 0.6) is 0 Å². The molecule has 0 bridgehead atoms. The monoisotopic (exact) mass is 330 g/mol. The van der Waals surface area contributed by atoms with E-state index in [2.05, 4.69) is 52.0 Å². The Labute approximate surface area is 148 Å². The summed E-state index contributed by atoms with van der Waals surface area (Å²) < 4.78 is 5.40. The van der Waals surface area contributed by atoms with Gasteiger partial charge in [-0.15, -0.1) is 0 Å². The van der Waals surface area contributed by atoms with Gasteiger partial charge in [0.2, 0.25) is 0 Å². The molecule has 1 aliphatic carbocycles. The Balaban J connectivity index is 2.17. The molecule has 1 unspecified atom stereocenters. The molecule has 2 nitrogen and oxygen atoms in total. The molecule has 1 fully saturated rings. The molecule has 0 N–H and O–H groups in total. The fourth-order valence-corrected chi connectivity index (χ4v) is 3.95. The van der Waals surface area contributed by atoms with Gasteiger partial charge in [-0.1, -0.05) is 71.2 Å². The molecule has 1 atom stereocenters. The first-order valence-corrected chi connectivity index (χ1v) is 9.43. The van der Waals surface area contributed by atoms with Crippen LogP contribution < -0.4 is 0 Å². The minimum absolute atomic E-state index is 0.166. The van der Waals surface area contributed by atoms with Gasteiger partial charge in [0.1, 0.15) is 0 Å². The highest BCUT2D eigenvalue weighted by Crippen LogP contribution is 2.43.